The van der Waals surface area contributed by atoms with E-state index in [2.05, 4.69) is 23.1 Å². The molecule has 0 saturated carbocycles. The highest BCUT2D eigenvalue weighted by atomic mass is 32.1. The van der Waals surface area contributed by atoms with Crippen LogP contribution in [0.1, 0.15) is 23.8 Å². The summed E-state index contributed by atoms with van der Waals surface area (Å²) in [6, 6.07) is 18.6. The zero-order chi connectivity index (χ0) is 19.4. The summed E-state index contributed by atoms with van der Waals surface area (Å²) < 4.78 is 8.09. The largest absolute Gasteiger partial charge is 0.460 e. The molecule has 1 aromatic carbocycles. The zero-order valence-electron chi connectivity index (χ0n) is 16.1. The minimum Gasteiger partial charge on any atom is -0.460 e. The second kappa shape index (κ2) is 6.71. The number of likely N-dealkylation sites (tertiary alicyclic amines) is 1. The number of piperidine rings is 1. The van der Waals surface area contributed by atoms with Crippen LogP contribution in [-0.2, 0) is 13.1 Å². The summed E-state index contributed by atoms with van der Waals surface area (Å²) in [6.07, 6.45) is 1.18. The average molecular weight is 403 g/mol. The number of fused-ring (bicyclic) bond motifs is 5. The number of benzene rings is 1. The summed E-state index contributed by atoms with van der Waals surface area (Å²) in [7, 11) is 0. The van der Waals surface area contributed by atoms with Crippen LogP contribution < -0.4 is 5.56 Å². The predicted molar refractivity (Wildman–Crippen MR) is 116 cm³/mol. The predicted octanol–water partition coefficient (Wildman–Crippen LogP) is 4.94. The van der Waals surface area contributed by atoms with Crippen LogP contribution in [0.15, 0.2) is 69.2 Å². The molecular formula is C24H22N2O2S. The van der Waals surface area contributed by atoms with E-state index < -0.39 is 0 Å². The maximum atomic E-state index is 13.2. The van der Waals surface area contributed by atoms with E-state index in [9.17, 15) is 4.79 Å². The van der Waals surface area contributed by atoms with Gasteiger partial charge in [-0.3, -0.25) is 9.69 Å². The number of hydrogen-bond acceptors (Lipinski definition) is 4. The molecule has 0 spiro atoms. The van der Waals surface area contributed by atoms with Crippen molar-refractivity contribution >= 4 is 22.3 Å². The van der Waals surface area contributed by atoms with Gasteiger partial charge < -0.3 is 8.98 Å². The first-order chi connectivity index (χ1) is 14.2. The maximum Gasteiger partial charge on any atom is 0.259 e. The monoisotopic (exact) mass is 402 g/mol. The topological polar surface area (TPSA) is 38.4 Å². The van der Waals surface area contributed by atoms with E-state index in [1.165, 1.54) is 12.1 Å². The van der Waals surface area contributed by atoms with E-state index in [0.29, 0.717) is 11.8 Å². The molecule has 0 unspecified atom stereocenters. The normalized spacial score (nSPS) is 21.4. The van der Waals surface area contributed by atoms with Crippen molar-refractivity contribution < 1.29 is 4.42 Å². The van der Waals surface area contributed by atoms with E-state index >= 15 is 0 Å². The second-order valence-corrected chi connectivity index (χ2v) is 9.26. The van der Waals surface area contributed by atoms with E-state index in [0.717, 1.165) is 53.3 Å². The van der Waals surface area contributed by atoms with Gasteiger partial charge in [0.2, 0.25) is 0 Å². The van der Waals surface area contributed by atoms with Gasteiger partial charge in [-0.15, -0.1) is 11.3 Å². The Hall–Kier alpha value is -2.63. The van der Waals surface area contributed by atoms with Gasteiger partial charge in [-0.05, 0) is 48.1 Å². The Balaban J connectivity index is 1.28. The molecule has 2 bridgehead atoms. The van der Waals surface area contributed by atoms with Crippen LogP contribution in [0, 0.1) is 5.92 Å². The first-order valence-electron chi connectivity index (χ1n) is 10.2. The van der Waals surface area contributed by atoms with Gasteiger partial charge in [0, 0.05) is 41.5 Å². The fourth-order valence-corrected chi connectivity index (χ4v) is 5.87. The van der Waals surface area contributed by atoms with Crippen molar-refractivity contribution in [3.8, 4) is 10.4 Å². The molecule has 3 aromatic heterocycles. The SMILES string of the molecule is O=c1c(-c2cccs2)ccc2n1C[C@H]1C[C@@H]2CN(Cc2cc3ccccc3o2)C1. The summed E-state index contributed by atoms with van der Waals surface area (Å²) in [5.74, 6) is 1.95. The Morgan fingerprint density at radius 2 is 1.97 bits per heavy atom. The third kappa shape index (κ3) is 2.96. The third-order valence-corrected chi connectivity index (χ3v) is 7.23. The number of para-hydroxylation sites is 1. The number of rotatable bonds is 3. The summed E-state index contributed by atoms with van der Waals surface area (Å²) in [6.45, 7) is 3.65. The molecule has 0 aliphatic carbocycles. The van der Waals surface area contributed by atoms with Gasteiger partial charge in [0.1, 0.15) is 11.3 Å². The molecule has 0 N–H and O–H groups in total. The van der Waals surface area contributed by atoms with Crippen molar-refractivity contribution in [1.29, 1.82) is 0 Å². The quantitative estimate of drug-likeness (QED) is 0.487. The number of thiophene rings is 1. The lowest BCUT2D eigenvalue weighted by molar-refractivity contribution is 0.108. The van der Waals surface area contributed by atoms with Crippen LogP contribution in [0.4, 0.5) is 0 Å². The highest BCUT2D eigenvalue weighted by Crippen LogP contribution is 2.37. The fraction of sp³-hybridized carbons (Fsp3) is 0.292. The highest BCUT2D eigenvalue weighted by molar-refractivity contribution is 7.13. The van der Waals surface area contributed by atoms with Gasteiger partial charge in [0.15, 0.2) is 0 Å². The number of pyridine rings is 1. The van der Waals surface area contributed by atoms with Crippen molar-refractivity contribution in [2.75, 3.05) is 13.1 Å². The minimum absolute atomic E-state index is 0.172. The molecule has 5 heteroatoms. The number of aromatic nitrogens is 1. The number of hydrogen-bond donors (Lipinski definition) is 0. The molecule has 2 atom stereocenters. The Morgan fingerprint density at radius 3 is 2.83 bits per heavy atom. The molecule has 0 amide bonds. The van der Waals surface area contributed by atoms with Crippen molar-refractivity contribution in [1.82, 2.24) is 9.47 Å². The van der Waals surface area contributed by atoms with E-state index in [1.54, 1.807) is 11.3 Å². The molecule has 4 nitrogen and oxygen atoms in total. The van der Waals surface area contributed by atoms with Gasteiger partial charge in [0.25, 0.3) is 5.56 Å². The summed E-state index contributed by atoms with van der Waals surface area (Å²) in [5, 5.41) is 3.20. The number of furan rings is 1. The van der Waals surface area contributed by atoms with E-state index in [-0.39, 0.29) is 5.56 Å². The van der Waals surface area contributed by atoms with Gasteiger partial charge in [-0.1, -0.05) is 24.3 Å². The minimum atomic E-state index is 0.172. The Labute approximate surface area is 173 Å². The first-order valence-corrected chi connectivity index (χ1v) is 11.1. The molecule has 1 saturated heterocycles. The molecule has 146 valence electrons. The second-order valence-electron chi connectivity index (χ2n) is 8.31. The zero-order valence-corrected chi connectivity index (χ0v) is 16.9. The highest BCUT2D eigenvalue weighted by Gasteiger charge is 2.35. The van der Waals surface area contributed by atoms with Crippen molar-refractivity contribution in [3.05, 3.63) is 81.8 Å². The standard InChI is InChI=1S/C24H22N2O2S/c27-24-20(23-6-3-9-29-23)7-8-21-18-10-16(13-26(21)24)12-25(14-18)15-19-11-17-4-1-2-5-22(17)28-19/h1-9,11,16,18H,10,12-15H2/t16-,18+/m0/s1. The molecule has 1 fully saturated rings. The lowest BCUT2D eigenvalue weighted by atomic mass is 9.83. The van der Waals surface area contributed by atoms with E-state index in [1.807, 2.05) is 46.3 Å². The van der Waals surface area contributed by atoms with Gasteiger partial charge in [0.05, 0.1) is 12.1 Å². The van der Waals surface area contributed by atoms with Crippen LogP contribution in [-0.4, -0.2) is 22.6 Å². The molecule has 29 heavy (non-hydrogen) atoms. The molecule has 0 radical (unpaired) electrons. The average Bonchev–Trinajstić information content (AvgIpc) is 3.38. The van der Waals surface area contributed by atoms with Crippen LogP contribution in [0.5, 0.6) is 0 Å². The fourth-order valence-electron chi connectivity index (χ4n) is 5.13. The number of nitrogens with zero attached hydrogens (tertiary/aromatic N) is 2. The molecule has 6 rings (SSSR count). The smallest absolute Gasteiger partial charge is 0.259 e. The maximum absolute atomic E-state index is 13.2. The summed E-state index contributed by atoms with van der Waals surface area (Å²) in [5.41, 5.74) is 3.16. The van der Waals surface area contributed by atoms with Crippen LogP contribution in [0.25, 0.3) is 21.4 Å². The van der Waals surface area contributed by atoms with Gasteiger partial charge in [-0.2, -0.15) is 0 Å². The van der Waals surface area contributed by atoms with Gasteiger partial charge in [-0.25, -0.2) is 0 Å². The molecule has 4 aromatic rings. The molecule has 2 aliphatic heterocycles. The first kappa shape index (κ1) is 17.2. The van der Waals surface area contributed by atoms with Crippen LogP contribution >= 0.6 is 11.3 Å². The Morgan fingerprint density at radius 1 is 1.03 bits per heavy atom. The van der Waals surface area contributed by atoms with Crippen molar-refractivity contribution in [2.45, 2.75) is 25.4 Å². The van der Waals surface area contributed by atoms with Crippen molar-refractivity contribution in [3.63, 3.8) is 0 Å². The van der Waals surface area contributed by atoms with Crippen LogP contribution in [0.3, 0.4) is 0 Å². The lowest BCUT2D eigenvalue weighted by Crippen LogP contribution is -2.46. The molecule has 2 aliphatic rings. The summed E-state index contributed by atoms with van der Waals surface area (Å²) in [4.78, 5) is 16.7. The van der Waals surface area contributed by atoms with Gasteiger partial charge >= 0.3 is 0 Å². The van der Waals surface area contributed by atoms with Crippen molar-refractivity contribution in [2.24, 2.45) is 5.92 Å². The molecule has 5 heterocycles. The molecular weight excluding hydrogens is 380 g/mol. The Bertz CT molecular complexity index is 1200. The third-order valence-electron chi connectivity index (χ3n) is 6.32. The summed E-state index contributed by atoms with van der Waals surface area (Å²) >= 11 is 1.63. The Kier molecular flexibility index (Phi) is 3.99. The van der Waals surface area contributed by atoms with E-state index in [4.69, 9.17) is 4.42 Å². The van der Waals surface area contributed by atoms with Crippen LogP contribution in [0.2, 0.25) is 0 Å². The lowest BCUT2D eigenvalue weighted by Gasteiger charge is -2.42.